The first kappa shape index (κ1) is 25.8. The summed E-state index contributed by atoms with van der Waals surface area (Å²) in [4.78, 5) is 22.9. The molecule has 13 heteroatoms. The van der Waals surface area contributed by atoms with E-state index in [9.17, 15) is 31.2 Å². The smallest absolute Gasteiger partial charge is 0.492 e. The van der Waals surface area contributed by atoms with Crippen LogP contribution in [0.4, 0.5) is 24.5 Å². The average Bonchev–Trinajstić information content (AvgIpc) is 2.67. The van der Waals surface area contributed by atoms with Crippen LogP contribution in [0, 0.1) is 5.92 Å². The van der Waals surface area contributed by atoms with Crippen LogP contribution in [0.25, 0.3) is 0 Å². The normalized spacial score (nSPS) is 12.5. The number of carbonyl (C=O) groups is 2. The van der Waals surface area contributed by atoms with Gasteiger partial charge in [0.25, 0.3) is 10.0 Å². The summed E-state index contributed by atoms with van der Waals surface area (Å²) in [6.07, 6.45) is -4.90. The van der Waals surface area contributed by atoms with E-state index in [0.717, 1.165) is 18.2 Å². The van der Waals surface area contributed by atoms with E-state index in [1.54, 1.807) is 6.92 Å². The second kappa shape index (κ2) is 10.4. The maximum Gasteiger partial charge on any atom is 0.573 e. The highest BCUT2D eigenvalue weighted by atomic mass is 32.2. The molecule has 0 aliphatic heterocycles. The van der Waals surface area contributed by atoms with E-state index in [4.69, 9.17) is 9.84 Å². The van der Waals surface area contributed by atoms with Crippen LogP contribution in [0.1, 0.15) is 20.3 Å². The molecular weight excluding hydrogens is 469 g/mol. The first-order valence-electron chi connectivity index (χ1n) is 9.55. The van der Waals surface area contributed by atoms with Crippen molar-refractivity contribution in [1.29, 1.82) is 0 Å². The fourth-order valence-electron chi connectivity index (χ4n) is 2.74. The van der Waals surface area contributed by atoms with Gasteiger partial charge in [0.05, 0.1) is 12.3 Å². The Bertz CT molecular complexity index is 1120. The molecule has 0 aliphatic rings. The van der Waals surface area contributed by atoms with Gasteiger partial charge in [-0.3, -0.25) is 14.3 Å². The molecule has 0 fully saturated rings. The number of anilines is 2. The maximum absolute atomic E-state index is 12.9. The number of rotatable bonds is 10. The monoisotopic (exact) mass is 490 g/mol. The van der Waals surface area contributed by atoms with Crippen molar-refractivity contribution in [2.75, 3.05) is 16.6 Å². The summed E-state index contributed by atoms with van der Waals surface area (Å²) in [7, 11) is -4.32. The Kier molecular flexibility index (Phi) is 8.14. The van der Waals surface area contributed by atoms with Crippen LogP contribution in [0.5, 0.6) is 11.5 Å². The molecule has 1 unspecified atom stereocenters. The van der Waals surface area contributed by atoms with Gasteiger partial charge in [-0.15, -0.1) is 13.2 Å². The second-order valence-corrected chi connectivity index (χ2v) is 8.21. The number of nitrogens with one attached hydrogen (secondary N) is 2. The van der Waals surface area contributed by atoms with Crippen LogP contribution < -0.4 is 19.5 Å². The van der Waals surface area contributed by atoms with Gasteiger partial charge < -0.3 is 19.9 Å². The Hall–Kier alpha value is -3.48. The lowest BCUT2D eigenvalue weighted by Gasteiger charge is -2.16. The Balaban J connectivity index is 2.32. The van der Waals surface area contributed by atoms with E-state index >= 15 is 0 Å². The third-order valence-electron chi connectivity index (χ3n) is 4.14. The highest BCUT2D eigenvalue weighted by Crippen LogP contribution is 2.31. The zero-order valence-corrected chi connectivity index (χ0v) is 18.3. The highest BCUT2D eigenvalue weighted by molar-refractivity contribution is 7.92. The highest BCUT2D eigenvalue weighted by Gasteiger charge is 2.31. The van der Waals surface area contributed by atoms with Crippen molar-refractivity contribution in [3.63, 3.8) is 0 Å². The molecule has 180 valence electrons. The van der Waals surface area contributed by atoms with Crippen LogP contribution in [-0.2, 0) is 19.6 Å². The number of sulfonamides is 1. The van der Waals surface area contributed by atoms with Crippen LogP contribution >= 0.6 is 0 Å². The van der Waals surface area contributed by atoms with Gasteiger partial charge in [-0.2, -0.15) is 0 Å². The number of carboxylic acids is 1. The van der Waals surface area contributed by atoms with Crippen molar-refractivity contribution in [3.8, 4) is 11.5 Å². The number of halogens is 3. The number of alkyl halides is 3. The summed E-state index contributed by atoms with van der Waals surface area (Å²) in [5.74, 6) is -4.16. The maximum atomic E-state index is 12.9. The Morgan fingerprint density at radius 2 is 1.79 bits per heavy atom. The number of carboxylic acid groups (broad SMARTS) is 1. The van der Waals surface area contributed by atoms with Gasteiger partial charge in [-0.25, -0.2) is 8.42 Å². The summed E-state index contributed by atoms with van der Waals surface area (Å²) in [5, 5.41) is 11.5. The summed E-state index contributed by atoms with van der Waals surface area (Å²) in [6, 6.07) is 7.81. The predicted molar refractivity (Wildman–Crippen MR) is 112 cm³/mol. The first-order valence-corrected chi connectivity index (χ1v) is 11.0. The lowest BCUT2D eigenvalue weighted by Crippen LogP contribution is -2.29. The number of carbonyl (C=O) groups excluding carboxylic acids is 1. The second-order valence-electron chi connectivity index (χ2n) is 6.56. The lowest BCUT2D eigenvalue weighted by atomic mass is 10.1. The zero-order valence-electron chi connectivity index (χ0n) is 17.5. The van der Waals surface area contributed by atoms with E-state index < -0.39 is 39.9 Å². The van der Waals surface area contributed by atoms with Crippen LogP contribution in [0.15, 0.2) is 47.4 Å². The minimum atomic E-state index is -4.95. The number of hydrogen-bond donors (Lipinski definition) is 3. The Morgan fingerprint density at radius 3 is 2.36 bits per heavy atom. The molecule has 2 rings (SSSR count). The van der Waals surface area contributed by atoms with E-state index in [2.05, 4.69) is 14.8 Å². The topological polar surface area (TPSA) is 131 Å². The number of benzene rings is 2. The zero-order chi connectivity index (χ0) is 24.8. The van der Waals surface area contributed by atoms with E-state index in [0.29, 0.717) is 0 Å². The molecule has 0 aromatic heterocycles. The summed E-state index contributed by atoms with van der Waals surface area (Å²) < 4.78 is 74.2. The van der Waals surface area contributed by atoms with Gasteiger partial charge in [0.2, 0.25) is 5.91 Å². The number of hydrogen-bond acceptors (Lipinski definition) is 6. The van der Waals surface area contributed by atoms with Crippen LogP contribution in [0.3, 0.4) is 0 Å². The van der Waals surface area contributed by atoms with Crippen molar-refractivity contribution >= 4 is 33.3 Å². The SMILES string of the molecule is CCOc1cc(NC(=O)C(CC)C(=O)O)ccc1S(=O)(=O)Nc1cccc(OC(F)(F)F)c1. The standard InChI is InChI=1S/C20H21F3N2O7S/c1-3-15(19(27)28)18(26)24-12-8-9-17(16(11-12)31-4-2)33(29,30)25-13-6-5-7-14(10-13)32-20(21,22)23/h5-11,15,25H,3-4H2,1-2H3,(H,24,26)(H,27,28). The lowest BCUT2D eigenvalue weighted by molar-refractivity contribution is -0.274. The van der Waals surface area contributed by atoms with Crippen molar-refractivity contribution in [2.24, 2.45) is 5.92 Å². The van der Waals surface area contributed by atoms with Crippen molar-refractivity contribution in [3.05, 3.63) is 42.5 Å². The van der Waals surface area contributed by atoms with Crippen LogP contribution in [-0.4, -0.2) is 38.4 Å². The largest absolute Gasteiger partial charge is 0.573 e. The molecule has 3 N–H and O–H groups in total. The van der Waals surface area contributed by atoms with Gasteiger partial charge >= 0.3 is 12.3 Å². The number of aliphatic carboxylic acids is 1. The summed E-state index contributed by atoms with van der Waals surface area (Å²) >= 11 is 0. The van der Waals surface area contributed by atoms with Crippen molar-refractivity contribution < 1.29 is 45.8 Å². The predicted octanol–water partition coefficient (Wildman–Crippen LogP) is 3.83. The average molecular weight is 490 g/mol. The van der Waals surface area contributed by atoms with Gasteiger partial charge in [0, 0.05) is 17.8 Å². The molecule has 1 amide bonds. The third kappa shape index (κ3) is 7.27. The van der Waals surface area contributed by atoms with E-state index in [-0.39, 0.29) is 35.0 Å². The van der Waals surface area contributed by atoms with E-state index in [1.165, 1.54) is 31.2 Å². The molecule has 9 nitrogen and oxygen atoms in total. The fraction of sp³-hybridized carbons (Fsp3) is 0.300. The molecule has 0 saturated carbocycles. The molecule has 2 aromatic rings. The Labute approximate surface area is 187 Å². The molecular formula is C20H21F3N2O7S. The fourth-order valence-corrected chi connectivity index (χ4v) is 3.92. The molecule has 0 radical (unpaired) electrons. The summed E-state index contributed by atoms with van der Waals surface area (Å²) in [6.45, 7) is 3.17. The third-order valence-corrected chi connectivity index (χ3v) is 5.56. The Morgan fingerprint density at radius 1 is 1.09 bits per heavy atom. The van der Waals surface area contributed by atoms with E-state index in [1.807, 2.05) is 0 Å². The van der Waals surface area contributed by atoms with Gasteiger partial charge in [-0.05, 0) is 37.6 Å². The molecule has 0 saturated heterocycles. The molecule has 0 heterocycles. The van der Waals surface area contributed by atoms with Gasteiger partial charge in [0.1, 0.15) is 22.3 Å². The molecule has 0 bridgehead atoms. The summed E-state index contributed by atoms with van der Waals surface area (Å²) in [5.41, 5.74) is -0.0912. The number of ether oxygens (including phenoxy) is 2. The first-order chi connectivity index (χ1) is 15.4. The van der Waals surface area contributed by atoms with Crippen molar-refractivity contribution in [2.45, 2.75) is 31.5 Å². The molecule has 33 heavy (non-hydrogen) atoms. The van der Waals surface area contributed by atoms with Crippen molar-refractivity contribution in [1.82, 2.24) is 0 Å². The molecule has 0 aliphatic carbocycles. The quantitative estimate of drug-likeness (QED) is 0.431. The number of amides is 1. The van der Waals surface area contributed by atoms with Gasteiger partial charge in [0.15, 0.2) is 0 Å². The molecule has 0 spiro atoms. The van der Waals surface area contributed by atoms with Gasteiger partial charge in [-0.1, -0.05) is 13.0 Å². The molecule has 2 aromatic carbocycles. The van der Waals surface area contributed by atoms with Crippen LogP contribution in [0.2, 0.25) is 0 Å². The molecule has 1 atom stereocenters. The minimum absolute atomic E-state index is 0.0486. The minimum Gasteiger partial charge on any atom is -0.492 e.